The van der Waals surface area contributed by atoms with Gasteiger partial charge in [-0.3, -0.25) is 9.78 Å². The highest BCUT2D eigenvalue weighted by Crippen LogP contribution is 2.37. The van der Waals surface area contributed by atoms with Gasteiger partial charge < -0.3 is 9.64 Å². The second-order valence-electron chi connectivity index (χ2n) is 5.47. The number of rotatable bonds is 2. The third-order valence-corrected chi connectivity index (χ3v) is 4.26. The standard InChI is InChI=1S/C14H19N3O2/c1-9-7-16-13(8-15-9)14(18)17-10-3-4-11(17)6-12(5-10)19-2/h7-8,10-12H,3-6H2,1-2H3. The molecule has 3 heterocycles. The molecular formula is C14H19N3O2. The first-order valence-electron chi connectivity index (χ1n) is 6.83. The van der Waals surface area contributed by atoms with Gasteiger partial charge in [0, 0.05) is 25.4 Å². The average Bonchev–Trinajstić information content (AvgIpc) is 2.69. The molecule has 5 heteroatoms. The van der Waals surface area contributed by atoms with Crippen LogP contribution in [-0.4, -0.2) is 46.1 Å². The number of nitrogens with zero attached hydrogens (tertiary/aromatic N) is 3. The monoisotopic (exact) mass is 261 g/mol. The summed E-state index contributed by atoms with van der Waals surface area (Å²) in [4.78, 5) is 22.9. The van der Waals surface area contributed by atoms with E-state index < -0.39 is 0 Å². The van der Waals surface area contributed by atoms with Gasteiger partial charge in [-0.2, -0.15) is 0 Å². The van der Waals surface area contributed by atoms with E-state index in [9.17, 15) is 4.79 Å². The lowest BCUT2D eigenvalue weighted by molar-refractivity contribution is 0.00792. The van der Waals surface area contributed by atoms with Gasteiger partial charge in [-0.1, -0.05) is 0 Å². The topological polar surface area (TPSA) is 55.3 Å². The van der Waals surface area contributed by atoms with Gasteiger partial charge in [-0.15, -0.1) is 0 Å². The van der Waals surface area contributed by atoms with Crippen LogP contribution in [0.25, 0.3) is 0 Å². The first kappa shape index (κ1) is 12.5. The normalized spacial score (nSPS) is 29.6. The van der Waals surface area contributed by atoms with Crippen molar-refractivity contribution >= 4 is 5.91 Å². The molecule has 0 saturated carbocycles. The Morgan fingerprint density at radius 2 is 1.95 bits per heavy atom. The molecule has 2 bridgehead atoms. The number of fused-ring (bicyclic) bond motifs is 2. The molecule has 2 aliphatic rings. The van der Waals surface area contributed by atoms with Gasteiger partial charge in [0.2, 0.25) is 0 Å². The summed E-state index contributed by atoms with van der Waals surface area (Å²) in [7, 11) is 1.76. The number of piperidine rings is 1. The highest BCUT2D eigenvalue weighted by molar-refractivity contribution is 5.92. The van der Waals surface area contributed by atoms with Crippen LogP contribution in [0.15, 0.2) is 12.4 Å². The SMILES string of the molecule is COC1CC2CCC(C1)N2C(=O)c1cnc(C)cn1. The Kier molecular flexibility index (Phi) is 3.22. The van der Waals surface area contributed by atoms with Crippen LogP contribution < -0.4 is 0 Å². The molecule has 0 aliphatic carbocycles. The predicted molar refractivity (Wildman–Crippen MR) is 69.8 cm³/mol. The summed E-state index contributed by atoms with van der Waals surface area (Å²) in [6.07, 6.45) is 7.57. The minimum atomic E-state index is 0.0227. The molecule has 5 nitrogen and oxygen atoms in total. The van der Waals surface area contributed by atoms with E-state index in [2.05, 4.69) is 9.97 Å². The molecule has 102 valence electrons. The van der Waals surface area contributed by atoms with E-state index >= 15 is 0 Å². The number of aryl methyl sites for hydroxylation is 1. The summed E-state index contributed by atoms with van der Waals surface area (Å²) < 4.78 is 5.46. The third kappa shape index (κ3) is 2.23. The number of methoxy groups -OCH3 is 1. The van der Waals surface area contributed by atoms with Crippen LogP contribution in [0.1, 0.15) is 41.9 Å². The van der Waals surface area contributed by atoms with Gasteiger partial charge in [0.1, 0.15) is 5.69 Å². The maximum Gasteiger partial charge on any atom is 0.274 e. The summed E-state index contributed by atoms with van der Waals surface area (Å²) in [5.74, 6) is 0.0227. The van der Waals surface area contributed by atoms with E-state index in [0.29, 0.717) is 23.9 Å². The van der Waals surface area contributed by atoms with Crippen LogP contribution in [0, 0.1) is 6.92 Å². The first-order chi connectivity index (χ1) is 9.19. The number of ether oxygens (including phenoxy) is 1. The van der Waals surface area contributed by atoms with Crippen LogP contribution in [0.3, 0.4) is 0 Å². The van der Waals surface area contributed by atoms with E-state index in [1.807, 2.05) is 11.8 Å². The molecule has 2 aliphatic heterocycles. The van der Waals surface area contributed by atoms with Gasteiger partial charge in [0.15, 0.2) is 0 Å². The Morgan fingerprint density at radius 3 is 2.47 bits per heavy atom. The van der Waals surface area contributed by atoms with Crippen LogP contribution in [0.5, 0.6) is 0 Å². The lowest BCUT2D eigenvalue weighted by Gasteiger charge is -2.38. The largest absolute Gasteiger partial charge is 0.381 e. The Morgan fingerprint density at radius 1 is 1.26 bits per heavy atom. The molecule has 2 atom stereocenters. The minimum absolute atomic E-state index is 0.0227. The van der Waals surface area contributed by atoms with E-state index in [4.69, 9.17) is 4.74 Å². The third-order valence-electron chi connectivity index (χ3n) is 4.26. The number of aromatic nitrogens is 2. The van der Waals surface area contributed by atoms with Crippen molar-refractivity contribution in [3.63, 3.8) is 0 Å². The lowest BCUT2D eigenvalue weighted by atomic mass is 9.99. The number of amides is 1. The van der Waals surface area contributed by atoms with Gasteiger partial charge >= 0.3 is 0 Å². The predicted octanol–water partition coefficient (Wildman–Crippen LogP) is 1.57. The number of hydrogen-bond acceptors (Lipinski definition) is 4. The molecule has 19 heavy (non-hydrogen) atoms. The van der Waals surface area contributed by atoms with Gasteiger partial charge in [-0.25, -0.2) is 4.98 Å². The highest BCUT2D eigenvalue weighted by atomic mass is 16.5. The molecule has 1 amide bonds. The van der Waals surface area contributed by atoms with Crippen LogP contribution in [0.4, 0.5) is 0 Å². The first-order valence-corrected chi connectivity index (χ1v) is 6.83. The second-order valence-corrected chi connectivity index (χ2v) is 5.47. The highest BCUT2D eigenvalue weighted by Gasteiger charge is 2.43. The quantitative estimate of drug-likeness (QED) is 0.811. The van der Waals surface area contributed by atoms with Crippen molar-refractivity contribution in [2.45, 2.75) is 50.8 Å². The average molecular weight is 261 g/mol. The number of carbonyl (C=O) groups excluding carboxylic acids is 1. The smallest absolute Gasteiger partial charge is 0.274 e. The molecule has 3 rings (SSSR count). The van der Waals surface area contributed by atoms with E-state index in [0.717, 1.165) is 31.4 Å². The fourth-order valence-electron chi connectivity index (χ4n) is 3.29. The lowest BCUT2D eigenvalue weighted by Crippen LogP contribution is -2.48. The summed E-state index contributed by atoms with van der Waals surface area (Å²) >= 11 is 0. The Balaban J connectivity index is 1.80. The van der Waals surface area contributed by atoms with Crippen LogP contribution in [-0.2, 0) is 4.74 Å². The Labute approximate surface area is 113 Å². The molecule has 0 radical (unpaired) electrons. The molecule has 0 aromatic carbocycles. The number of hydrogen-bond donors (Lipinski definition) is 0. The second kappa shape index (κ2) is 4.89. The fourth-order valence-corrected chi connectivity index (χ4v) is 3.29. The van der Waals surface area contributed by atoms with Gasteiger partial charge in [0.25, 0.3) is 5.91 Å². The van der Waals surface area contributed by atoms with Gasteiger partial charge in [0.05, 0.1) is 18.0 Å². The zero-order chi connectivity index (χ0) is 13.4. The maximum absolute atomic E-state index is 12.5. The maximum atomic E-state index is 12.5. The van der Waals surface area contributed by atoms with E-state index in [-0.39, 0.29) is 5.91 Å². The molecule has 2 unspecified atom stereocenters. The molecule has 0 N–H and O–H groups in total. The molecule has 0 spiro atoms. The van der Waals surface area contributed by atoms with Crippen molar-refractivity contribution in [1.82, 2.24) is 14.9 Å². The fraction of sp³-hybridized carbons (Fsp3) is 0.643. The van der Waals surface area contributed by atoms with Crippen molar-refractivity contribution in [2.75, 3.05) is 7.11 Å². The van der Waals surface area contributed by atoms with Crippen molar-refractivity contribution in [2.24, 2.45) is 0 Å². The zero-order valence-corrected chi connectivity index (χ0v) is 11.4. The van der Waals surface area contributed by atoms with Crippen molar-refractivity contribution < 1.29 is 9.53 Å². The van der Waals surface area contributed by atoms with E-state index in [1.54, 1.807) is 19.5 Å². The van der Waals surface area contributed by atoms with Crippen molar-refractivity contribution in [3.05, 3.63) is 23.8 Å². The molecule has 1 aromatic rings. The van der Waals surface area contributed by atoms with E-state index in [1.165, 1.54) is 0 Å². The number of carbonyl (C=O) groups is 1. The molecular weight excluding hydrogens is 242 g/mol. The molecule has 2 fully saturated rings. The Bertz CT molecular complexity index is 460. The molecule has 2 saturated heterocycles. The summed E-state index contributed by atoms with van der Waals surface area (Å²) in [5.41, 5.74) is 1.29. The summed E-state index contributed by atoms with van der Waals surface area (Å²) in [5, 5.41) is 0. The minimum Gasteiger partial charge on any atom is -0.381 e. The molecule has 1 aromatic heterocycles. The van der Waals surface area contributed by atoms with Gasteiger partial charge in [-0.05, 0) is 32.6 Å². The summed E-state index contributed by atoms with van der Waals surface area (Å²) in [6, 6.07) is 0.610. The Hall–Kier alpha value is -1.49. The van der Waals surface area contributed by atoms with Crippen molar-refractivity contribution in [1.29, 1.82) is 0 Å². The zero-order valence-electron chi connectivity index (χ0n) is 11.4. The summed E-state index contributed by atoms with van der Waals surface area (Å²) in [6.45, 7) is 1.87. The van der Waals surface area contributed by atoms with Crippen LogP contribution >= 0.6 is 0 Å². The van der Waals surface area contributed by atoms with Crippen molar-refractivity contribution in [3.8, 4) is 0 Å². The van der Waals surface area contributed by atoms with Crippen LogP contribution in [0.2, 0.25) is 0 Å².